The van der Waals surface area contributed by atoms with E-state index < -0.39 is 5.41 Å². The molecule has 3 aliphatic heterocycles. The second kappa shape index (κ2) is 31.1. The van der Waals surface area contributed by atoms with Gasteiger partial charge in [0.1, 0.15) is 0 Å². The Morgan fingerprint density at radius 2 is 0.549 bits per heavy atom. The molecule has 0 saturated carbocycles. The van der Waals surface area contributed by atoms with Crippen molar-refractivity contribution in [3.05, 3.63) is 434 Å². The van der Waals surface area contributed by atoms with E-state index >= 15 is 0 Å². The number of para-hydroxylation sites is 2. The molecule has 0 fully saturated rings. The van der Waals surface area contributed by atoms with Gasteiger partial charge >= 0.3 is 0 Å². The van der Waals surface area contributed by atoms with Crippen LogP contribution < -0.4 is 31.1 Å². The molecule has 0 radical (unpaired) electrons. The molecule has 644 valence electrons. The molecule has 20 aromatic rings. The summed E-state index contributed by atoms with van der Waals surface area (Å²) in [5, 5.41) is 4.91. The summed E-state index contributed by atoms with van der Waals surface area (Å²) in [5.41, 5.74) is 42.6. The molecule has 0 saturated heterocycles. The highest BCUT2D eigenvalue weighted by atomic mass is 15.2. The summed E-state index contributed by atoms with van der Waals surface area (Å²) in [7, 11) is 0. The summed E-state index contributed by atoms with van der Waals surface area (Å²) in [6, 6.07) is 154. The van der Waals surface area contributed by atoms with Crippen molar-refractivity contribution in [2.75, 3.05) is 14.7 Å². The average molecular weight is 1720 g/mol. The minimum Gasteiger partial charge on any atom is -0.310 e. The van der Waals surface area contributed by atoms with Crippen molar-refractivity contribution < 1.29 is 0 Å². The first-order valence-corrected chi connectivity index (χ1v) is 47.3. The summed E-state index contributed by atoms with van der Waals surface area (Å²) in [4.78, 5) is 8.03. The predicted octanol–water partition coefficient (Wildman–Crippen LogP) is 32.9. The normalized spacial score (nSPS) is 13.5. The Hall–Kier alpha value is -15.0. The second-order valence-electron chi connectivity index (χ2n) is 41.7. The van der Waals surface area contributed by atoms with E-state index in [4.69, 9.17) is 0 Å². The summed E-state index contributed by atoms with van der Waals surface area (Å²) < 4.78 is 5.22. The molecule has 6 heteroatoms. The third-order valence-corrected chi connectivity index (χ3v) is 28.9. The van der Waals surface area contributed by atoms with Gasteiger partial charge < -0.3 is 23.8 Å². The van der Waals surface area contributed by atoms with Crippen LogP contribution >= 0.6 is 0 Å². The number of fused-ring (bicyclic) bond motifs is 12. The molecule has 0 aliphatic carbocycles. The van der Waals surface area contributed by atoms with Crippen LogP contribution in [0.25, 0.3) is 133 Å². The molecule has 0 amide bonds. The first kappa shape index (κ1) is 82.4. The molecule has 5 nitrogen and oxygen atoms in total. The van der Waals surface area contributed by atoms with E-state index in [0.29, 0.717) is 0 Å². The molecule has 18 aromatic carbocycles. The SMILES string of the molecule is CC(C)(C)c1ccc2c(c1)c1ccc(C(C)(C)C)cc1n2-c1ccc2c(c1)N(c1c(-c3ccccc3)cc(-c3ccccc3)cc1-c1ccccc1)c1cc(-c3ccc4c(c3)C(C)(C)c3ccccc3N4c3ccccc3)cc3c1B2c1ccc(-n2c4cc(C(C)(C)C)ccc4c4ccc(C(C)(C)C)cc42)cc1N3c1c(-c2ccccc2)cc(-c2ccccc2)cc1-c1ccccc1. The molecule has 23 rings (SSSR count). The van der Waals surface area contributed by atoms with Gasteiger partial charge in [-0.2, -0.15) is 0 Å². The van der Waals surface area contributed by atoms with Crippen molar-refractivity contribution in [3.63, 3.8) is 0 Å². The molecule has 0 N–H and O–H groups in total. The number of hydrogen-bond donors (Lipinski definition) is 0. The van der Waals surface area contributed by atoms with Crippen molar-refractivity contribution in [3.8, 4) is 89.3 Å². The van der Waals surface area contributed by atoms with Crippen LogP contribution in [0, 0.1) is 0 Å². The smallest absolute Gasteiger partial charge is 0.252 e. The fourth-order valence-electron chi connectivity index (χ4n) is 21.8. The van der Waals surface area contributed by atoms with Crippen LogP contribution in [0.3, 0.4) is 0 Å². The number of anilines is 9. The zero-order valence-electron chi connectivity index (χ0n) is 78.4. The predicted molar refractivity (Wildman–Crippen MR) is 569 cm³/mol. The lowest BCUT2D eigenvalue weighted by atomic mass is 9.33. The fraction of sp³-hybridized carbons (Fsp3) is 0.150. The van der Waals surface area contributed by atoms with Gasteiger partial charge in [0.25, 0.3) is 6.71 Å². The van der Waals surface area contributed by atoms with Crippen molar-refractivity contribution >= 4 is 118 Å². The van der Waals surface area contributed by atoms with Gasteiger partial charge in [-0.15, -0.1) is 0 Å². The highest BCUT2D eigenvalue weighted by Gasteiger charge is 2.47. The van der Waals surface area contributed by atoms with E-state index in [9.17, 15) is 0 Å². The van der Waals surface area contributed by atoms with E-state index in [-0.39, 0.29) is 28.4 Å². The first-order valence-electron chi connectivity index (χ1n) is 47.3. The number of benzene rings is 18. The van der Waals surface area contributed by atoms with E-state index in [1.54, 1.807) is 0 Å². The number of aromatic nitrogens is 2. The second-order valence-corrected chi connectivity index (χ2v) is 41.7. The highest BCUT2D eigenvalue weighted by Crippen LogP contribution is 2.59. The third kappa shape index (κ3) is 13.8. The number of hydrogen-bond acceptors (Lipinski definition) is 3. The van der Waals surface area contributed by atoms with Gasteiger partial charge in [0.2, 0.25) is 0 Å². The largest absolute Gasteiger partial charge is 0.310 e. The van der Waals surface area contributed by atoms with E-state index in [0.717, 1.165) is 140 Å². The van der Waals surface area contributed by atoms with Crippen molar-refractivity contribution in [2.45, 2.75) is 124 Å². The van der Waals surface area contributed by atoms with Gasteiger partial charge in [-0.3, -0.25) is 0 Å². The van der Waals surface area contributed by atoms with Crippen LogP contribution in [-0.2, 0) is 27.1 Å². The lowest BCUT2D eigenvalue weighted by molar-refractivity contribution is 0.590. The maximum absolute atomic E-state index is 2.77. The summed E-state index contributed by atoms with van der Waals surface area (Å²) in [6.07, 6.45) is 0. The average Bonchev–Trinajstić information content (AvgIpc) is 1.06. The summed E-state index contributed by atoms with van der Waals surface area (Å²) >= 11 is 0. The third-order valence-electron chi connectivity index (χ3n) is 28.9. The van der Waals surface area contributed by atoms with Gasteiger partial charge in [-0.05, 0) is 248 Å². The van der Waals surface area contributed by atoms with E-state index in [1.807, 2.05) is 0 Å². The summed E-state index contributed by atoms with van der Waals surface area (Å²) in [5.74, 6) is 0. The lowest BCUT2D eigenvalue weighted by Crippen LogP contribution is -2.61. The van der Waals surface area contributed by atoms with E-state index in [2.05, 4.69) is 521 Å². The highest BCUT2D eigenvalue weighted by molar-refractivity contribution is 7.00. The Bertz CT molecular complexity index is 7800. The minimum atomic E-state index is -0.447. The first-order chi connectivity index (χ1) is 64.3. The Labute approximate surface area is 783 Å². The maximum Gasteiger partial charge on any atom is 0.252 e. The minimum absolute atomic E-state index is 0.100. The maximum atomic E-state index is 2.77. The van der Waals surface area contributed by atoms with Crippen molar-refractivity contribution in [2.24, 2.45) is 0 Å². The van der Waals surface area contributed by atoms with Crippen molar-refractivity contribution in [1.29, 1.82) is 0 Å². The quantitative estimate of drug-likeness (QED) is 0.114. The molecular weight excluding hydrogens is 1610 g/mol. The molecule has 0 spiro atoms. The number of rotatable bonds is 12. The standard InChI is InChI=1S/C127H108BN5/c1-123(2,3)91-58-67-110-105(75-91)100-63-57-94(126(10,11)12)78-115(100)130(110)96-59-64-108-116(79-96)132(121-101(83-42-26-17-27-43-83)68-88(81-38-22-15-23-39-81)69-102(121)84-44-28-18-29-45-84)118-73-90(87-54-66-112-107(72-87)127(13,14)106-52-36-37-53-111(106)129(112)95-50-34-21-35-51-95)74-119-120(118)128(108)109-65-60-97(131-113-76-92(124(4,5)6)55-61-98(113)99-62-56-93(77-114(99)131)125(7,8)9)80-117(109)133(119)122-103(85-46-30-19-31-47-85)70-89(82-40-24-16-25-41-82)71-104(122)86-48-32-20-33-49-86/h15-80H,1-14H3. The van der Waals surface area contributed by atoms with Gasteiger partial charge in [-0.1, -0.05) is 376 Å². The topological polar surface area (TPSA) is 19.6 Å². The lowest BCUT2D eigenvalue weighted by Gasteiger charge is -2.46. The van der Waals surface area contributed by atoms with Crippen LogP contribution in [0.5, 0.6) is 0 Å². The molecule has 0 unspecified atom stereocenters. The van der Waals surface area contributed by atoms with Gasteiger partial charge in [0.15, 0.2) is 0 Å². The summed E-state index contributed by atoms with van der Waals surface area (Å²) in [6.45, 7) is 32.7. The Kier molecular flexibility index (Phi) is 19.3. The molecule has 3 aliphatic rings. The van der Waals surface area contributed by atoms with Crippen LogP contribution in [0.1, 0.15) is 130 Å². The Morgan fingerprint density at radius 1 is 0.211 bits per heavy atom. The van der Waals surface area contributed by atoms with Crippen molar-refractivity contribution in [1.82, 2.24) is 9.13 Å². The van der Waals surface area contributed by atoms with Crippen LogP contribution in [0.2, 0.25) is 0 Å². The Morgan fingerprint density at radius 3 is 0.955 bits per heavy atom. The molecule has 5 heterocycles. The Balaban J connectivity index is 0.924. The molecule has 133 heavy (non-hydrogen) atoms. The van der Waals surface area contributed by atoms with Crippen LogP contribution in [0.15, 0.2) is 400 Å². The van der Waals surface area contributed by atoms with Gasteiger partial charge in [0.05, 0.1) is 44.8 Å². The van der Waals surface area contributed by atoms with Gasteiger partial charge in [-0.25, -0.2) is 0 Å². The molecule has 0 bridgehead atoms. The monoisotopic (exact) mass is 1710 g/mol. The molecule has 2 aromatic heterocycles. The zero-order chi connectivity index (χ0) is 90.9. The van der Waals surface area contributed by atoms with Crippen LogP contribution in [0.4, 0.5) is 51.2 Å². The molecular formula is C127H108BN5. The van der Waals surface area contributed by atoms with E-state index in [1.165, 1.54) is 93.6 Å². The fourth-order valence-corrected chi connectivity index (χ4v) is 21.8. The zero-order valence-corrected chi connectivity index (χ0v) is 78.4. The number of nitrogens with zero attached hydrogens (tertiary/aromatic N) is 5. The van der Waals surface area contributed by atoms with Crippen LogP contribution in [-0.4, -0.2) is 15.8 Å². The van der Waals surface area contributed by atoms with Gasteiger partial charge in [0, 0.05) is 89.0 Å². The molecule has 0 atom stereocenters.